The zero-order chi connectivity index (χ0) is 23.3. The Morgan fingerprint density at radius 1 is 0.938 bits per heavy atom. The molecule has 10 heteroatoms. The summed E-state index contributed by atoms with van der Waals surface area (Å²) in [7, 11) is -1.11. The molecule has 0 aliphatic rings. The van der Waals surface area contributed by atoms with Crippen molar-refractivity contribution >= 4 is 50.5 Å². The normalized spacial score (nSPS) is 11.0. The van der Waals surface area contributed by atoms with Gasteiger partial charge in [-0.15, -0.1) is 0 Å². The number of carbonyl (C=O) groups is 1. The van der Waals surface area contributed by atoms with Crippen LogP contribution in [0.4, 0.5) is 11.4 Å². The number of anilines is 2. The predicted octanol–water partition coefficient (Wildman–Crippen LogP) is 4.84. The molecule has 0 saturated carbocycles. The van der Waals surface area contributed by atoms with Gasteiger partial charge < -0.3 is 14.8 Å². The lowest BCUT2D eigenvalue weighted by atomic mass is 10.3. The summed E-state index contributed by atoms with van der Waals surface area (Å²) >= 11 is 12.1. The molecule has 0 aliphatic carbocycles. The van der Waals surface area contributed by atoms with E-state index in [9.17, 15) is 13.2 Å². The fraction of sp³-hybridized carbons (Fsp3) is 0.136. The van der Waals surface area contributed by atoms with E-state index in [1.807, 2.05) is 0 Å². The van der Waals surface area contributed by atoms with E-state index in [2.05, 4.69) is 5.32 Å². The lowest BCUT2D eigenvalue weighted by Crippen LogP contribution is -2.38. The van der Waals surface area contributed by atoms with Crippen LogP contribution >= 0.6 is 23.2 Å². The molecule has 3 rings (SSSR count). The molecule has 1 N–H and O–H groups in total. The summed E-state index contributed by atoms with van der Waals surface area (Å²) in [6, 6.07) is 16.8. The highest BCUT2D eigenvalue weighted by Crippen LogP contribution is 2.28. The zero-order valence-electron chi connectivity index (χ0n) is 17.2. The van der Waals surface area contributed by atoms with E-state index in [1.165, 1.54) is 56.7 Å². The van der Waals surface area contributed by atoms with Crippen molar-refractivity contribution in [3.8, 4) is 11.5 Å². The maximum absolute atomic E-state index is 13.4. The lowest BCUT2D eigenvalue weighted by Gasteiger charge is -2.24. The first-order valence-corrected chi connectivity index (χ1v) is 11.5. The van der Waals surface area contributed by atoms with E-state index < -0.39 is 22.5 Å². The van der Waals surface area contributed by atoms with E-state index in [1.54, 1.807) is 24.3 Å². The summed E-state index contributed by atoms with van der Waals surface area (Å²) in [5.74, 6) is 0.406. The first-order chi connectivity index (χ1) is 15.2. The van der Waals surface area contributed by atoms with Crippen LogP contribution in [0.5, 0.6) is 11.5 Å². The number of nitrogens with one attached hydrogen (secondary N) is 1. The van der Waals surface area contributed by atoms with Gasteiger partial charge in [-0.3, -0.25) is 9.10 Å². The topological polar surface area (TPSA) is 84.9 Å². The van der Waals surface area contributed by atoms with Crippen LogP contribution in [-0.4, -0.2) is 35.1 Å². The molecular formula is C22H20Cl2N2O5S. The van der Waals surface area contributed by atoms with Crippen LogP contribution in [0.2, 0.25) is 10.0 Å². The molecule has 0 radical (unpaired) electrons. The van der Waals surface area contributed by atoms with E-state index in [0.717, 1.165) is 4.31 Å². The molecule has 7 nitrogen and oxygen atoms in total. The molecule has 0 heterocycles. The highest BCUT2D eigenvalue weighted by atomic mass is 35.5. The van der Waals surface area contributed by atoms with Gasteiger partial charge in [0, 0.05) is 10.7 Å². The van der Waals surface area contributed by atoms with Crippen LogP contribution < -0.4 is 19.1 Å². The van der Waals surface area contributed by atoms with Gasteiger partial charge in [0.2, 0.25) is 5.91 Å². The molecule has 0 unspecified atom stereocenters. The molecule has 0 fully saturated rings. The fourth-order valence-electron chi connectivity index (χ4n) is 2.87. The van der Waals surface area contributed by atoms with Crippen LogP contribution in [0.1, 0.15) is 0 Å². The van der Waals surface area contributed by atoms with Crippen molar-refractivity contribution in [1.82, 2.24) is 0 Å². The van der Waals surface area contributed by atoms with Crippen molar-refractivity contribution in [2.24, 2.45) is 0 Å². The van der Waals surface area contributed by atoms with Crippen molar-refractivity contribution < 1.29 is 22.7 Å². The molecule has 168 valence electrons. The van der Waals surface area contributed by atoms with Crippen molar-refractivity contribution in [1.29, 1.82) is 0 Å². The third kappa shape index (κ3) is 5.45. The highest BCUT2D eigenvalue weighted by molar-refractivity contribution is 7.92. The molecule has 32 heavy (non-hydrogen) atoms. The summed E-state index contributed by atoms with van der Waals surface area (Å²) in [6.45, 7) is -0.473. The van der Waals surface area contributed by atoms with E-state index in [0.29, 0.717) is 27.2 Å². The summed E-state index contributed by atoms with van der Waals surface area (Å²) < 4.78 is 37.9. The van der Waals surface area contributed by atoms with Gasteiger partial charge in [0.15, 0.2) is 0 Å². The van der Waals surface area contributed by atoms with E-state index in [4.69, 9.17) is 32.7 Å². The van der Waals surface area contributed by atoms with Gasteiger partial charge in [-0.25, -0.2) is 8.42 Å². The second-order valence-corrected chi connectivity index (χ2v) is 9.27. The summed E-state index contributed by atoms with van der Waals surface area (Å²) in [5, 5.41) is 3.41. The average molecular weight is 495 g/mol. The Labute approximate surface area is 196 Å². The van der Waals surface area contributed by atoms with Gasteiger partial charge in [0.1, 0.15) is 18.0 Å². The monoisotopic (exact) mass is 494 g/mol. The van der Waals surface area contributed by atoms with Crippen molar-refractivity contribution in [3.63, 3.8) is 0 Å². The molecule has 0 spiro atoms. The lowest BCUT2D eigenvalue weighted by molar-refractivity contribution is -0.114. The predicted molar refractivity (Wildman–Crippen MR) is 126 cm³/mol. The van der Waals surface area contributed by atoms with Gasteiger partial charge in [-0.05, 0) is 66.7 Å². The zero-order valence-corrected chi connectivity index (χ0v) is 19.5. The number of hydrogen-bond donors (Lipinski definition) is 1. The van der Waals surface area contributed by atoms with Crippen LogP contribution in [-0.2, 0) is 14.8 Å². The first-order valence-electron chi connectivity index (χ1n) is 9.30. The van der Waals surface area contributed by atoms with Gasteiger partial charge >= 0.3 is 0 Å². The molecular weight excluding hydrogens is 475 g/mol. The number of hydrogen-bond acceptors (Lipinski definition) is 5. The SMILES string of the molecule is COc1ccc(S(=O)(=O)N(CC(=O)Nc2ccc(OC)c(Cl)c2)c2ccc(Cl)cc2)cc1. The molecule has 0 aliphatic heterocycles. The Balaban J connectivity index is 1.91. The summed E-state index contributed by atoms with van der Waals surface area (Å²) in [6.07, 6.45) is 0. The van der Waals surface area contributed by atoms with Crippen LogP contribution in [0.15, 0.2) is 71.6 Å². The minimum atomic E-state index is -4.07. The number of methoxy groups -OCH3 is 2. The number of ether oxygens (including phenoxy) is 2. The van der Waals surface area contributed by atoms with E-state index in [-0.39, 0.29) is 10.6 Å². The Kier molecular flexibility index (Phi) is 7.50. The third-order valence-electron chi connectivity index (χ3n) is 4.48. The average Bonchev–Trinajstić information content (AvgIpc) is 2.78. The second kappa shape index (κ2) is 10.1. The fourth-order valence-corrected chi connectivity index (χ4v) is 4.68. The van der Waals surface area contributed by atoms with Gasteiger partial charge in [0.25, 0.3) is 10.0 Å². The van der Waals surface area contributed by atoms with E-state index >= 15 is 0 Å². The molecule has 3 aromatic carbocycles. The number of benzene rings is 3. The van der Waals surface area contributed by atoms with Crippen molar-refractivity contribution in [2.75, 3.05) is 30.4 Å². The first kappa shape index (κ1) is 23.7. The van der Waals surface area contributed by atoms with Crippen molar-refractivity contribution in [2.45, 2.75) is 4.90 Å². The minimum Gasteiger partial charge on any atom is -0.497 e. The Hall–Kier alpha value is -2.94. The highest BCUT2D eigenvalue weighted by Gasteiger charge is 2.27. The number of sulfonamides is 1. The van der Waals surface area contributed by atoms with Gasteiger partial charge in [-0.2, -0.15) is 0 Å². The molecule has 3 aromatic rings. The number of amides is 1. The number of nitrogens with zero attached hydrogens (tertiary/aromatic N) is 1. The van der Waals surface area contributed by atoms with Crippen LogP contribution in [0.25, 0.3) is 0 Å². The van der Waals surface area contributed by atoms with Crippen LogP contribution in [0.3, 0.4) is 0 Å². The van der Waals surface area contributed by atoms with Gasteiger partial charge in [-0.1, -0.05) is 23.2 Å². The Morgan fingerprint density at radius 3 is 2.16 bits per heavy atom. The summed E-state index contributed by atoms with van der Waals surface area (Å²) in [4.78, 5) is 12.8. The number of rotatable bonds is 8. The molecule has 0 saturated heterocycles. The standard InChI is InChI=1S/C22H20Cl2N2O5S/c1-30-18-8-10-19(11-9-18)32(28,29)26(17-6-3-15(23)4-7-17)14-22(27)25-16-5-12-21(31-2)20(24)13-16/h3-13H,14H2,1-2H3,(H,25,27). The van der Waals surface area contributed by atoms with Crippen LogP contribution in [0, 0.1) is 0 Å². The molecule has 0 atom stereocenters. The third-order valence-corrected chi connectivity index (χ3v) is 6.82. The maximum atomic E-state index is 13.4. The van der Waals surface area contributed by atoms with Crippen molar-refractivity contribution in [3.05, 3.63) is 76.8 Å². The molecule has 0 aromatic heterocycles. The number of halogens is 2. The molecule has 0 bridgehead atoms. The molecule has 1 amide bonds. The Morgan fingerprint density at radius 2 is 1.59 bits per heavy atom. The Bertz CT molecular complexity index is 1200. The quantitative estimate of drug-likeness (QED) is 0.483. The minimum absolute atomic E-state index is 0.00791. The number of carbonyl (C=O) groups excluding carboxylic acids is 1. The summed E-state index contributed by atoms with van der Waals surface area (Å²) in [5.41, 5.74) is 0.687. The largest absolute Gasteiger partial charge is 0.497 e. The smallest absolute Gasteiger partial charge is 0.264 e. The second-order valence-electron chi connectivity index (χ2n) is 6.56. The maximum Gasteiger partial charge on any atom is 0.264 e. The van der Waals surface area contributed by atoms with Gasteiger partial charge in [0.05, 0.1) is 29.8 Å².